The second kappa shape index (κ2) is 6.00. The summed E-state index contributed by atoms with van der Waals surface area (Å²) >= 11 is 0. The van der Waals surface area contributed by atoms with Crippen molar-refractivity contribution in [2.24, 2.45) is 10.2 Å². The van der Waals surface area contributed by atoms with Gasteiger partial charge in [-0.1, -0.05) is 18.2 Å². The fourth-order valence-corrected chi connectivity index (χ4v) is 2.22. The number of hydrogen-bond acceptors (Lipinski definition) is 4. The van der Waals surface area contributed by atoms with Crippen molar-refractivity contribution in [2.45, 2.75) is 13.1 Å². The number of benzene rings is 1. The van der Waals surface area contributed by atoms with Crippen LogP contribution < -0.4 is 0 Å². The van der Waals surface area contributed by atoms with Crippen LogP contribution in [0.15, 0.2) is 52.8 Å². The molecule has 2 aromatic heterocycles. The van der Waals surface area contributed by atoms with Crippen LogP contribution >= 0.6 is 0 Å². The maximum Gasteiger partial charge on any atom is 0.417 e. The van der Waals surface area contributed by atoms with Gasteiger partial charge in [-0.05, 0) is 30.7 Å². The van der Waals surface area contributed by atoms with Crippen LogP contribution in [-0.4, -0.2) is 20.5 Å². The quantitative estimate of drug-likeness (QED) is 0.692. The third-order valence-corrected chi connectivity index (χ3v) is 3.49. The van der Waals surface area contributed by atoms with Gasteiger partial charge < -0.3 is 5.11 Å². The average Bonchev–Trinajstić information content (AvgIpc) is 2.91. The van der Waals surface area contributed by atoms with Crippen molar-refractivity contribution >= 4 is 23.1 Å². The van der Waals surface area contributed by atoms with E-state index in [-0.39, 0.29) is 11.5 Å². The van der Waals surface area contributed by atoms with E-state index in [1.165, 1.54) is 0 Å². The van der Waals surface area contributed by atoms with Crippen molar-refractivity contribution in [3.8, 4) is 0 Å². The molecule has 0 bridgehead atoms. The molecule has 0 amide bonds. The van der Waals surface area contributed by atoms with Crippen molar-refractivity contribution in [3.63, 3.8) is 0 Å². The van der Waals surface area contributed by atoms with Crippen LogP contribution in [0, 0.1) is 6.92 Å². The Balaban J connectivity index is 2.18. The van der Waals surface area contributed by atoms with E-state index >= 15 is 0 Å². The molecule has 3 aromatic rings. The molecule has 9 heteroatoms. The summed E-state index contributed by atoms with van der Waals surface area (Å²) < 4.78 is 39.7. The summed E-state index contributed by atoms with van der Waals surface area (Å²) in [6.07, 6.45) is -3.83. The molecular weight excluding hydrogens is 337 g/mol. The number of azo groups is 1. The first-order chi connectivity index (χ1) is 11.8. The first-order valence-electron chi connectivity index (χ1n) is 7.07. The summed E-state index contributed by atoms with van der Waals surface area (Å²) in [7, 11) is 0. The van der Waals surface area contributed by atoms with Crippen LogP contribution in [0.5, 0.6) is 0 Å². The fourth-order valence-electron chi connectivity index (χ4n) is 2.22. The number of imidazole rings is 1. The van der Waals surface area contributed by atoms with E-state index in [0.29, 0.717) is 5.69 Å². The van der Waals surface area contributed by atoms with Crippen molar-refractivity contribution in [2.75, 3.05) is 0 Å². The lowest BCUT2D eigenvalue weighted by molar-refractivity contribution is -0.137. The number of aryl methyl sites for hydroxylation is 1. The number of nitrogens with zero attached hydrogens (tertiary/aromatic N) is 4. The monoisotopic (exact) mass is 348 g/mol. The predicted molar refractivity (Wildman–Crippen MR) is 82.5 cm³/mol. The summed E-state index contributed by atoms with van der Waals surface area (Å²) in [5, 5.41) is 17.0. The van der Waals surface area contributed by atoms with E-state index in [0.717, 1.165) is 28.3 Å². The number of halogens is 3. The number of pyridine rings is 1. The second-order valence-electron chi connectivity index (χ2n) is 5.22. The Labute approximate surface area is 139 Å². The third-order valence-electron chi connectivity index (χ3n) is 3.49. The number of fused-ring (bicyclic) bond motifs is 1. The van der Waals surface area contributed by atoms with Gasteiger partial charge in [0.25, 0.3) is 0 Å². The first kappa shape index (κ1) is 16.6. The molecule has 2 heterocycles. The maximum absolute atomic E-state index is 12.9. The zero-order valence-electron chi connectivity index (χ0n) is 12.8. The van der Waals surface area contributed by atoms with Crippen LogP contribution in [-0.2, 0) is 6.18 Å². The Morgan fingerprint density at radius 3 is 2.52 bits per heavy atom. The molecule has 0 saturated heterocycles. The normalized spacial score (nSPS) is 12.2. The third kappa shape index (κ3) is 3.21. The zero-order chi connectivity index (χ0) is 18.2. The molecule has 0 atom stereocenters. The molecule has 6 nitrogen and oxygen atoms in total. The van der Waals surface area contributed by atoms with Gasteiger partial charge in [-0.3, -0.25) is 4.40 Å². The number of aromatic carboxylic acids is 1. The van der Waals surface area contributed by atoms with Gasteiger partial charge in [0.05, 0.1) is 11.3 Å². The van der Waals surface area contributed by atoms with Crippen molar-refractivity contribution in [1.82, 2.24) is 9.38 Å². The van der Waals surface area contributed by atoms with Gasteiger partial charge in [0, 0.05) is 6.20 Å². The Bertz CT molecular complexity index is 993. The smallest absolute Gasteiger partial charge is 0.417 e. The largest absolute Gasteiger partial charge is 0.476 e. The molecule has 0 saturated carbocycles. The number of carboxylic acid groups (broad SMARTS) is 1. The molecule has 0 aliphatic heterocycles. The minimum Gasteiger partial charge on any atom is -0.476 e. The minimum absolute atomic E-state index is 0.0316. The summed E-state index contributed by atoms with van der Waals surface area (Å²) in [6, 6.07) is 8.86. The summed E-state index contributed by atoms with van der Waals surface area (Å²) in [5.74, 6) is -1.69. The van der Waals surface area contributed by atoms with Gasteiger partial charge in [0.15, 0.2) is 11.5 Å². The molecule has 0 spiro atoms. The average molecular weight is 348 g/mol. The Kier molecular flexibility index (Phi) is 3.99. The number of carboxylic acids is 1. The lowest BCUT2D eigenvalue weighted by Crippen LogP contribution is -2.06. The minimum atomic E-state index is -4.58. The van der Waals surface area contributed by atoms with Gasteiger partial charge in [-0.15, -0.1) is 10.2 Å². The molecule has 0 fully saturated rings. The number of carbonyl (C=O) groups is 1. The first-order valence-corrected chi connectivity index (χ1v) is 7.07. The molecule has 1 aromatic carbocycles. The number of aromatic nitrogens is 2. The van der Waals surface area contributed by atoms with Crippen LogP contribution in [0.1, 0.15) is 21.6 Å². The maximum atomic E-state index is 12.9. The van der Waals surface area contributed by atoms with Gasteiger partial charge in [-0.25, -0.2) is 9.78 Å². The SMILES string of the molecule is Cc1ccccc1N=Nc1c(C(=O)O)nc2ccc(C(F)(F)F)cn12. The number of hydrogen-bond donors (Lipinski definition) is 1. The summed E-state index contributed by atoms with van der Waals surface area (Å²) in [5.41, 5.74) is -0.129. The van der Waals surface area contributed by atoms with E-state index < -0.39 is 23.4 Å². The Morgan fingerprint density at radius 1 is 1.16 bits per heavy atom. The van der Waals surface area contributed by atoms with Crippen molar-refractivity contribution in [3.05, 3.63) is 59.4 Å². The highest BCUT2D eigenvalue weighted by Crippen LogP contribution is 2.32. The van der Waals surface area contributed by atoms with E-state index in [2.05, 4.69) is 15.2 Å². The van der Waals surface area contributed by atoms with Gasteiger partial charge in [-0.2, -0.15) is 13.2 Å². The zero-order valence-corrected chi connectivity index (χ0v) is 12.8. The van der Waals surface area contributed by atoms with E-state index in [1.807, 2.05) is 0 Å². The fraction of sp³-hybridized carbons (Fsp3) is 0.125. The summed E-state index contributed by atoms with van der Waals surface area (Å²) in [6.45, 7) is 1.78. The Morgan fingerprint density at radius 2 is 1.88 bits per heavy atom. The van der Waals surface area contributed by atoms with Crippen molar-refractivity contribution in [1.29, 1.82) is 0 Å². The van der Waals surface area contributed by atoms with E-state index in [4.69, 9.17) is 0 Å². The van der Waals surface area contributed by atoms with Gasteiger partial charge in [0.2, 0.25) is 0 Å². The molecule has 25 heavy (non-hydrogen) atoms. The molecule has 0 aliphatic carbocycles. The molecule has 128 valence electrons. The highest BCUT2D eigenvalue weighted by molar-refractivity contribution is 5.91. The highest BCUT2D eigenvalue weighted by Gasteiger charge is 2.31. The lowest BCUT2D eigenvalue weighted by Gasteiger charge is -2.06. The molecule has 0 unspecified atom stereocenters. The van der Waals surface area contributed by atoms with Crippen LogP contribution in [0.2, 0.25) is 0 Å². The molecule has 3 rings (SSSR count). The van der Waals surface area contributed by atoms with E-state index in [1.54, 1.807) is 31.2 Å². The molecule has 1 N–H and O–H groups in total. The van der Waals surface area contributed by atoms with Gasteiger partial charge >= 0.3 is 12.1 Å². The predicted octanol–water partition coefficient (Wildman–Crippen LogP) is 4.78. The number of rotatable bonds is 3. The topological polar surface area (TPSA) is 79.3 Å². The van der Waals surface area contributed by atoms with Gasteiger partial charge in [0.1, 0.15) is 5.65 Å². The van der Waals surface area contributed by atoms with Crippen LogP contribution in [0.25, 0.3) is 5.65 Å². The standard InChI is InChI=1S/C16H11F3N4O2/c1-9-4-2-3-5-11(9)21-22-14-13(15(24)25)20-12-7-6-10(8-23(12)14)16(17,18)19/h2-8H,1H3,(H,24,25). The number of alkyl halides is 3. The summed E-state index contributed by atoms with van der Waals surface area (Å²) in [4.78, 5) is 15.2. The lowest BCUT2D eigenvalue weighted by atomic mass is 10.2. The highest BCUT2D eigenvalue weighted by atomic mass is 19.4. The van der Waals surface area contributed by atoms with E-state index in [9.17, 15) is 23.1 Å². The second-order valence-corrected chi connectivity index (χ2v) is 5.22. The molecular formula is C16H11F3N4O2. The van der Waals surface area contributed by atoms with Crippen molar-refractivity contribution < 1.29 is 23.1 Å². The molecule has 0 aliphatic rings. The van der Waals surface area contributed by atoms with Crippen LogP contribution in [0.3, 0.4) is 0 Å². The molecule has 0 radical (unpaired) electrons. The van der Waals surface area contributed by atoms with Crippen LogP contribution in [0.4, 0.5) is 24.7 Å². The Hall–Kier alpha value is -3.23.